The van der Waals surface area contributed by atoms with Crippen LogP contribution in [0.15, 0.2) is 18.6 Å². The zero-order chi connectivity index (χ0) is 20.1. The Hall–Kier alpha value is -2.69. The summed E-state index contributed by atoms with van der Waals surface area (Å²) < 4.78 is 40.3. The molecule has 0 radical (unpaired) electrons. The third-order valence-electron chi connectivity index (χ3n) is 3.99. The summed E-state index contributed by atoms with van der Waals surface area (Å²) in [6.45, 7) is 0.664. The van der Waals surface area contributed by atoms with E-state index in [4.69, 9.17) is 11.6 Å². The molecule has 0 bridgehead atoms. The minimum Gasteiger partial charge on any atom is -0.368 e. The van der Waals surface area contributed by atoms with Gasteiger partial charge in [0.15, 0.2) is 16.6 Å². The molecule has 0 atom stereocenters. The summed E-state index contributed by atoms with van der Waals surface area (Å²) >= 11 is 5.91. The minimum absolute atomic E-state index is 0.00590. The lowest BCUT2D eigenvalue weighted by Crippen LogP contribution is -2.15. The highest BCUT2D eigenvalue weighted by atomic mass is 35.5. The molecule has 3 aromatic heterocycles. The zero-order valence-corrected chi connectivity index (χ0v) is 15.7. The Kier molecular flexibility index (Phi) is 6.12. The lowest BCUT2D eigenvalue weighted by atomic mass is 10.1. The fraction of sp³-hybridized carbons (Fsp3) is 0.438. The van der Waals surface area contributed by atoms with Crippen molar-refractivity contribution in [1.82, 2.24) is 29.5 Å². The van der Waals surface area contributed by atoms with Gasteiger partial charge in [-0.25, -0.2) is 15.0 Å². The Balaban J connectivity index is 1.58. The van der Waals surface area contributed by atoms with E-state index in [1.807, 2.05) is 0 Å². The van der Waals surface area contributed by atoms with Gasteiger partial charge < -0.3 is 10.6 Å². The third kappa shape index (κ3) is 4.58. The number of halogens is 4. The Labute approximate surface area is 163 Å². The molecule has 0 aliphatic heterocycles. The highest BCUT2D eigenvalue weighted by Gasteiger charge is 2.36. The van der Waals surface area contributed by atoms with Gasteiger partial charge in [0.25, 0.3) is 0 Å². The average molecular weight is 415 g/mol. The minimum atomic E-state index is -4.62. The summed E-state index contributed by atoms with van der Waals surface area (Å²) in [5.41, 5.74) is 0.811. The van der Waals surface area contributed by atoms with Crippen LogP contribution >= 0.6 is 11.6 Å². The van der Waals surface area contributed by atoms with E-state index < -0.39 is 12.0 Å². The SMILES string of the molecule is CNc1nc(C(F)(F)F)nc2c(CCCCCNc3nccnc3Cl)cnn12. The average Bonchev–Trinajstić information content (AvgIpc) is 3.07. The summed E-state index contributed by atoms with van der Waals surface area (Å²) in [6, 6.07) is 0. The zero-order valence-electron chi connectivity index (χ0n) is 15.0. The first-order valence-electron chi connectivity index (χ1n) is 8.60. The van der Waals surface area contributed by atoms with Crippen LogP contribution in [0.25, 0.3) is 5.65 Å². The topological polar surface area (TPSA) is 92.9 Å². The van der Waals surface area contributed by atoms with E-state index in [1.165, 1.54) is 24.0 Å². The van der Waals surface area contributed by atoms with Gasteiger partial charge in [-0.15, -0.1) is 0 Å². The highest BCUT2D eigenvalue weighted by molar-refractivity contribution is 6.31. The molecule has 0 aliphatic carbocycles. The predicted octanol–water partition coefficient (Wildman–Crippen LogP) is 3.45. The van der Waals surface area contributed by atoms with E-state index in [-0.39, 0.29) is 11.6 Å². The molecular weight excluding hydrogens is 397 g/mol. The molecule has 150 valence electrons. The van der Waals surface area contributed by atoms with Crippen molar-refractivity contribution >= 4 is 29.0 Å². The van der Waals surface area contributed by atoms with Gasteiger partial charge in [-0.05, 0) is 19.3 Å². The first kappa shape index (κ1) is 20.1. The Morgan fingerprint density at radius 2 is 1.89 bits per heavy atom. The number of nitrogens with one attached hydrogen (secondary N) is 2. The summed E-state index contributed by atoms with van der Waals surface area (Å²) in [5.74, 6) is -0.660. The van der Waals surface area contributed by atoms with Crippen LogP contribution in [0.1, 0.15) is 30.7 Å². The van der Waals surface area contributed by atoms with E-state index in [0.717, 1.165) is 19.3 Å². The highest BCUT2D eigenvalue weighted by Crippen LogP contribution is 2.28. The molecule has 0 fully saturated rings. The van der Waals surface area contributed by atoms with Crippen LogP contribution < -0.4 is 10.6 Å². The first-order valence-corrected chi connectivity index (χ1v) is 8.98. The molecule has 12 heteroatoms. The van der Waals surface area contributed by atoms with Crippen LogP contribution in [0.4, 0.5) is 24.9 Å². The standard InChI is InChI=1S/C16H18ClF3N8/c1-21-15-27-14(16(18,19)20)26-13-10(9-25-28(13)15)5-3-2-4-6-23-12-11(17)22-7-8-24-12/h7-9H,2-6H2,1H3,(H,23,24)(H,21,26,27). The van der Waals surface area contributed by atoms with Gasteiger partial charge >= 0.3 is 6.18 Å². The second-order valence-electron chi connectivity index (χ2n) is 5.96. The Morgan fingerprint density at radius 1 is 1.11 bits per heavy atom. The van der Waals surface area contributed by atoms with Crippen molar-refractivity contribution in [3.63, 3.8) is 0 Å². The summed E-state index contributed by atoms with van der Waals surface area (Å²) in [6.07, 6.45) is 3.01. The van der Waals surface area contributed by atoms with E-state index >= 15 is 0 Å². The van der Waals surface area contributed by atoms with Crippen molar-refractivity contribution in [2.24, 2.45) is 0 Å². The van der Waals surface area contributed by atoms with Gasteiger partial charge in [0.1, 0.15) is 0 Å². The summed E-state index contributed by atoms with van der Waals surface area (Å²) in [7, 11) is 1.49. The monoisotopic (exact) mass is 414 g/mol. The molecule has 2 N–H and O–H groups in total. The maximum Gasteiger partial charge on any atom is 0.451 e. The summed E-state index contributed by atoms with van der Waals surface area (Å²) in [4.78, 5) is 15.2. The fourth-order valence-electron chi connectivity index (χ4n) is 2.65. The van der Waals surface area contributed by atoms with E-state index in [9.17, 15) is 13.2 Å². The number of nitrogens with zero attached hydrogens (tertiary/aromatic N) is 6. The third-order valence-corrected chi connectivity index (χ3v) is 4.26. The number of aromatic nitrogens is 6. The maximum absolute atomic E-state index is 13.0. The van der Waals surface area contributed by atoms with Crippen LogP contribution in [-0.4, -0.2) is 43.1 Å². The summed E-state index contributed by atoms with van der Waals surface area (Å²) in [5, 5.41) is 10.1. The lowest BCUT2D eigenvalue weighted by molar-refractivity contribution is -0.144. The van der Waals surface area contributed by atoms with Gasteiger partial charge in [-0.1, -0.05) is 18.0 Å². The van der Waals surface area contributed by atoms with Gasteiger partial charge in [0.2, 0.25) is 11.8 Å². The lowest BCUT2D eigenvalue weighted by Gasteiger charge is -2.09. The Morgan fingerprint density at radius 3 is 2.61 bits per heavy atom. The van der Waals surface area contributed by atoms with Gasteiger partial charge in [0.05, 0.1) is 6.20 Å². The number of rotatable bonds is 8. The quantitative estimate of drug-likeness (QED) is 0.545. The van der Waals surface area contributed by atoms with E-state index in [1.54, 1.807) is 6.20 Å². The van der Waals surface area contributed by atoms with Crippen LogP contribution in [0.2, 0.25) is 5.15 Å². The normalized spacial score (nSPS) is 11.8. The van der Waals surface area contributed by atoms with Crippen molar-refractivity contribution in [1.29, 1.82) is 0 Å². The molecule has 0 saturated heterocycles. The molecule has 0 unspecified atom stereocenters. The van der Waals surface area contributed by atoms with E-state index in [2.05, 4.69) is 35.7 Å². The molecule has 0 aromatic carbocycles. The molecule has 0 spiro atoms. The van der Waals surface area contributed by atoms with Gasteiger partial charge in [-0.2, -0.15) is 27.8 Å². The van der Waals surface area contributed by atoms with Gasteiger partial charge in [0, 0.05) is 31.5 Å². The molecule has 0 aliphatic rings. The maximum atomic E-state index is 13.0. The predicted molar refractivity (Wildman–Crippen MR) is 98.4 cm³/mol. The fourth-order valence-corrected chi connectivity index (χ4v) is 2.82. The number of hydrogen-bond donors (Lipinski definition) is 2. The van der Waals surface area contributed by atoms with Crippen LogP contribution in [-0.2, 0) is 12.6 Å². The van der Waals surface area contributed by atoms with Crippen molar-refractivity contribution in [2.75, 3.05) is 24.2 Å². The molecule has 0 amide bonds. The van der Waals surface area contributed by atoms with Crippen LogP contribution in [0, 0.1) is 0 Å². The number of aryl methyl sites for hydroxylation is 1. The molecule has 8 nitrogen and oxygen atoms in total. The molecule has 3 rings (SSSR count). The second kappa shape index (κ2) is 8.55. The van der Waals surface area contributed by atoms with Crippen molar-refractivity contribution in [2.45, 2.75) is 31.9 Å². The molecule has 0 saturated carbocycles. The smallest absolute Gasteiger partial charge is 0.368 e. The molecule has 3 heterocycles. The van der Waals surface area contributed by atoms with Crippen molar-refractivity contribution < 1.29 is 13.2 Å². The Bertz CT molecular complexity index is 943. The molecule has 28 heavy (non-hydrogen) atoms. The first-order chi connectivity index (χ1) is 13.4. The second-order valence-corrected chi connectivity index (χ2v) is 6.32. The number of hydrogen-bond acceptors (Lipinski definition) is 7. The number of fused-ring (bicyclic) bond motifs is 1. The van der Waals surface area contributed by atoms with E-state index in [0.29, 0.717) is 29.5 Å². The number of alkyl halides is 3. The van der Waals surface area contributed by atoms with Crippen molar-refractivity contribution in [3.05, 3.63) is 35.1 Å². The largest absolute Gasteiger partial charge is 0.451 e. The molecule has 3 aromatic rings. The number of anilines is 2. The molecular formula is C16H18ClF3N8. The number of unbranched alkanes of at least 4 members (excludes halogenated alkanes) is 2. The van der Waals surface area contributed by atoms with Gasteiger partial charge in [-0.3, -0.25) is 0 Å². The van der Waals surface area contributed by atoms with Crippen molar-refractivity contribution in [3.8, 4) is 0 Å². The van der Waals surface area contributed by atoms with Crippen LogP contribution in [0.5, 0.6) is 0 Å². The van der Waals surface area contributed by atoms with Crippen LogP contribution in [0.3, 0.4) is 0 Å².